The number of hydrogen-bond acceptors (Lipinski definition) is 2. The summed E-state index contributed by atoms with van der Waals surface area (Å²) in [5.41, 5.74) is 2.19. The van der Waals surface area contributed by atoms with Gasteiger partial charge in [0.1, 0.15) is 5.75 Å². The van der Waals surface area contributed by atoms with E-state index in [4.69, 9.17) is 4.74 Å². The molecule has 0 saturated heterocycles. The molecule has 0 aliphatic carbocycles. The number of hydrogen-bond donors (Lipinski definition) is 1. The van der Waals surface area contributed by atoms with E-state index in [2.05, 4.69) is 40.2 Å². The second-order valence-electron chi connectivity index (χ2n) is 4.70. The Balaban J connectivity index is 1.73. The number of halogens is 1. The monoisotopic (exact) mass is 334 g/mol. The van der Waals surface area contributed by atoms with Crippen molar-refractivity contribution in [3.05, 3.63) is 64.1 Å². The first-order valence-corrected chi connectivity index (χ1v) is 7.65. The van der Waals surface area contributed by atoms with Gasteiger partial charge in [0.15, 0.2) is 0 Å². The molecule has 0 fully saturated rings. The zero-order chi connectivity index (χ0) is 14.2. The van der Waals surface area contributed by atoms with Crippen LogP contribution in [0.1, 0.15) is 24.0 Å². The maximum atomic E-state index is 9.29. The van der Waals surface area contributed by atoms with E-state index < -0.39 is 0 Å². The summed E-state index contributed by atoms with van der Waals surface area (Å²) in [7, 11) is 0. The van der Waals surface area contributed by atoms with Crippen molar-refractivity contribution in [1.29, 1.82) is 0 Å². The van der Waals surface area contributed by atoms with Crippen LogP contribution in [0.25, 0.3) is 0 Å². The number of aliphatic hydroxyl groups is 1. The van der Waals surface area contributed by atoms with E-state index in [9.17, 15) is 5.11 Å². The highest BCUT2D eigenvalue weighted by Gasteiger charge is 2.03. The molecule has 106 valence electrons. The molecule has 0 unspecified atom stereocenters. The molecule has 2 rings (SSSR count). The summed E-state index contributed by atoms with van der Waals surface area (Å²) in [5.74, 6) is 0.774. The van der Waals surface area contributed by atoms with Gasteiger partial charge in [-0.1, -0.05) is 46.3 Å². The highest BCUT2D eigenvalue weighted by atomic mass is 79.9. The zero-order valence-corrected chi connectivity index (χ0v) is 13.0. The number of aryl methyl sites for hydroxylation is 1. The van der Waals surface area contributed by atoms with Crippen molar-refractivity contribution in [2.24, 2.45) is 0 Å². The minimum atomic E-state index is -0.00120. The fourth-order valence-electron chi connectivity index (χ4n) is 2.07. The molecule has 2 aromatic carbocycles. The van der Waals surface area contributed by atoms with Crippen molar-refractivity contribution in [3.63, 3.8) is 0 Å². The lowest BCUT2D eigenvalue weighted by Gasteiger charge is -2.10. The van der Waals surface area contributed by atoms with Gasteiger partial charge < -0.3 is 9.84 Å². The Hall–Kier alpha value is -1.32. The Morgan fingerprint density at radius 1 is 1.00 bits per heavy atom. The van der Waals surface area contributed by atoms with Gasteiger partial charge in [-0.05, 0) is 43.0 Å². The molecule has 0 aliphatic heterocycles. The van der Waals surface area contributed by atoms with Crippen molar-refractivity contribution >= 4 is 15.9 Å². The van der Waals surface area contributed by atoms with Gasteiger partial charge in [0.25, 0.3) is 0 Å². The van der Waals surface area contributed by atoms with Gasteiger partial charge in [-0.3, -0.25) is 0 Å². The molecular weight excluding hydrogens is 316 g/mol. The maximum Gasteiger partial charge on any atom is 0.124 e. The summed E-state index contributed by atoms with van der Waals surface area (Å²) in [6, 6.07) is 16.2. The predicted molar refractivity (Wildman–Crippen MR) is 84.9 cm³/mol. The molecule has 20 heavy (non-hydrogen) atoms. The Morgan fingerprint density at radius 3 is 2.55 bits per heavy atom. The van der Waals surface area contributed by atoms with E-state index in [0.29, 0.717) is 6.61 Å². The molecule has 0 aromatic heterocycles. The second kappa shape index (κ2) is 8.08. The standard InChI is InChI=1S/C17H19BrO2/c18-16-9-10-17(15(12-16)13-19)20-11-5-4-8-14-6-2-1-3-7-14/h1-3,6-7,9-10,12,19H,4-5,8,11,13H2. The van der Waals surface area contributed by atoms with Gasteiger partial charge >= 0.3 is 0 Å². The third-order valence-corrected chi connectivity index (χ3v) is 3.65. The van der Waals surface area contributed by atoms with Crippen LogP contribution in [0.2, 0.25) is 0 Å². The molecule has 0 saturated carbocycles. The van der Waals surface area contributed by atoms with Crippen molar-refractivity contribution in [3.8, 4) is 5.75 Å². The molecule has 0 radical (unpaired) electrons. The van der Waals surface area contributed by atoms with E-state index in [1.807, 2.05) is 24.3 Å². The molecule has 3 heteroatoms. The molecule has 0 bridgehead atoms. The largest absolute Gasteiger partial charge is 0.493 e. The van der Waals surface area contributed by atoms with Crippen LogP contribution < -0.4 is 4.74 Å². The summed E-state index contributed by atoms with van der Waals surface area (Å²) < 4.78 is 6.70. The van der Waals surface area contributed by atoms with E-state index in [1.54, 1.807) is 0 Å². The zero-order valence-electron chi connectivity index (χ0n) is 11.4. The van der Waals surface area contributed by atoms with Crippen molar-refractivity contribution < 1.29 is 9.84 Å². The number of unbranched alkanes of at least 4 members (excludes halogenated alkanes) is 1. The van der Waals surface area contributed by atoms with Crippen LogP contribution >= 0.6 is 15.9 Å². The lowest BCUT2D eigenvalue weighted by atomic mass is 10.1. The molecule has 1 N–H and O–H groups in total. The first-order chi connectivity index (χ1) is 9.79. The summed E-state index contributed by atoms with van der Waals surface area (Å²) in [4.78, 5) is 0. The third-order valence-electron chi connectivity index (χ3n) is 3.15. The smallest absolute Gasteiger partial charge is 0.124 e. The highest BCUT2D eigenvalue weighted by molar-refractivity contribution is 9.10. The van der Waals surface area contributed by atoms with Crippen LogP contribution in [-0.2, 0) is 13.0 Å². The molecule has 0 heterocycles. The Labute approximate surface area is 128 Å². The van der Waals surface area contributed by atoms with Crippen LogP contribution in [-0.4, -0.2) is 11.7 Å². The number of ether oxygens (including phenoxy) is 1. The predicted octanol–water partition coefficient (Wildman–Crippen LogP) is 4.34. The van der Waals surface area contributed by atoms with Crippen LogP contribution in [0.5, 0.6) is 5.75 Å². The highest BCUT2D eigenvalue weighted by Crippen LogP contribution is 2.23. The molecular formula is C17H19BrO2. The average Bonchev–Trinajstić information content (AvgIpc) is 2.49. The maximum absolute atomic E-state index is 9.29. The number of benzene rings is 2. The number of aliphatic hydroxyl groups excluding tert-OH is 1. The quantitative estimate of drug-likeness (QED) is 0.763. The van der Waals surface area contributed by atoms with Crippen molar-refractivity contribution in [1.82, 2.24) is 0 Å². The minimum absolute atomic E-state index is 0.00120. The first kappa shape index (κ1) is 15.1. The summed E-state index contributed by atoms with van der Waals surface area (Å²) in [6.07, 6.45) is 3.20. The lowest BCUT2D eigenvalue weighted by Crippen LogP contribution is -2.01. The molecule has 2 nitrogen and oxygen atoms in total. The van der Waals surface area contributed by atoms with E-state index in [0.717, 1.165) is 35.0 Å². The fraction of sp³-hybridized carbons (Fsp3) is 0.294. The SMILES string of the molecule is OCc1cc(Br)ccc1OCCCCc1ccccc1. The van der Waals surface area contributed by atoms with E-state index in [1.165, 1.54) is 5.56 Å². The van der Waals surface area contributed by atoms with Crippen molar-refractivity contribution in [2.75, 3.05) is 6.61 Å². The van der Waals surface area contributed by atoms with Crippen molar-refractivity contribution in [2.45, 2.75) is 25.9 Å². The fourth-order valence-corrected chi connectivity index (χ4v) is 2.48. The van der Waals surface area contributed by atoms with Gasteiger partial charge in [0.2, 0.25) is 0 Å². The first-order valence-electron chi connectivity index (χ1n) is 6.85. The summed E-state index contributed by atoms with van der Waals surface area (Å²) >= 11 is 3.39. The van der Waals surface area contributed by atoms with Gasteiger partial charge in [-0.15, -0.1) is 0 Å². The summed E-state index contributed by atoms with van der Waals surface area (Å²) in [6.45, 7) is 0.681. The van der Waals surface area contributed by atoms with Crippen LogP contribution in [0.15, 0.2) is 53.0 Å². The van der Waals surface area contributed by atoms with Gasteiger partial charge in [0.05, 0.1) is 13.2 Å². The van der Waals surface area contributed by atoms with Crippen LogP contribution in [0.3, 0.4) is 0 Å². The topological polar surface area (TPSA) is 29.5 Å². The molecule has 0 atom stereocenters. The second-order valence-corrected chi connectivity index (χ2v) is 5.62. The van der Waals surface area contributed by atoms with Gasteiger partial charge in [0, 0.05) is 10.0 Å². The molecule has 2 aromatic rings. The average molecular weight is 335 g/mol. The van der Waals surface area contributed by atoms with Crippen LogP contribution in [0.4, 0.5) is 0 Å². The summed E-state index contributed by atoms with van der Waals surface area (Å²) in [5, 5.41) is 9.29. The Kier molecular flexibility index (Phi) is 6.09. The lowest BCUT2D eigenvalue weighted by molar-refractivity contribution is 0.260. The molecule has 0 spiro atoms. The van der Waals surface area contributed by atoms with E-state index in [-0.39, 0.29) is 6.61 Å². The molecule has 0 amide bonds. The third kappa shape index (κ3) is 4.66. The Bertz CT molecular complexity index is 526. The molecule has 0 aliphatic rings. The van der Waals surface area contributed by atoms with Crippen LogP contribution in [0, 0.1) is 0 Å². The minimum Gasteiger partial charge on any atom is -0.493 e. The van der Waals surface area contributed by atoms with Gasteiger partial charge in [-0.25, -0.2) is 0 Å². The Morgan fingerprint density at radius 2 is 1.80 bits per heavy atom. The number of rotatable bonds is 7. The normalized spacial score (nSPS) is 10.5. The van der Waals surface area contributed by atoms with E-state index >= 15 is 0 Å². The van der Waals surface area contributed by atoms with Gasteiger partial charge in [-0.2, -0.15) is 0 Å².